The van der Waals surface area contributed by atoms with Gasteiger partial charge in [0.15, 0.2) is 0 Å². The highest BCUT2D eigenvalue weighted by Gasteiger charge is 2.20. The average molecular weight is 385 g/mol. The summed E-state index contributed by atoms with van der Waals surface area (Å²) >= 11 is 8.18. The summed E-state index contributed by atoms with van der Waals surface area (Å²) in [6.07, 6.45) is 0.609. The first-order valence-corrected chi connectivity index (χ1v) is 7.74. The highest BCUT2D eigenvalue weighted by atomic mass is 79.9. The monoisotopic (exact) mass is 383 g/mol. The van der Waals surface area contributed by atoms with Crippen LogP contribution in [0.3, 0.4) is 0 Å². The second-order valence-corrected chi connectivity index (χ2v) is 7.13. The maximum absolute atomic E-state index is 12.3. The van der Waals surface area contributed by atoms with Gasteiger partial charge in [-0.05, 0) is 58.2 Å². The number of nitrogens with zero attached hydrogens (tertiary/aromatic N) is 1. The van der Waals surface area contributed by atoms with Crippen LogP contribution in [0, 0.1) is 0 Å². The fourth-order valence-corrected chi connectivity index (χ4v) is 3.42. The number of aliphatic hydroxyl groups excluding tert-OH is 1. The molecule has 0 aliphatic heterocycles. The van der Waals surface area contributed by atoms with Crippen molar-refractivity contribution in [3.05, 3.63) is 19.2 Å². The fourth-order valence-electron chi connectivity index (χ4n) is 1.43. The van der Waals surface area contributed by atoms with Crippen molar-refractivity contribution < 1.29 is 9.90 Å². The number of amides is 1. The number of carbonyl (C=O) groups is 1. The first kappa shape index (κ1) is 15.1. The first-order chi connectivity index (χ1) is 7.97. The Balaban J connectivity index is 2.84. The standard InChI is InChI=1S/C11H15Br2NO2S/c1-7(2)14(4-3-5-15)11(16)9-6-8(12)10(13)17-9/h6-7,15H,3-5H2,1-2H3. The summed E-state index contributed by atoms with van der Waals surface area (Å²) in [5.41, 5.74) is 0. The number of hydrogen-bond donors (Lipinski definition) is 1. The molecule has 3 nitrogen and oxygen atoms in total. The van der Waals surface area contributed by atoms with Gasteiger partial charge in [-0.2, -0.15) is 0 Å². The molecule has 0 aliphatic rings. The normalized spacial score (nSPS) is 10.9. The predicted octanol–water partition coefficient (Wildman–Crippen LogP) is 3.51. The molecule has 1 aromatic heterocycles. The molecule has 17 heavy (non-hydrogen) atoms. The molecule has 0 unspecified atom stereocenters. The molecule has 0 saturated heterocycles. The van der Waals surface area contributed by atoms with Gasteiger partial charge in [0, 0.05) is 23.7 Å². The maximum Gasteiger partial charge on any atom is 0.264 e. The van der Waals surface area contributed by atoms with Gasteiger partial charge in [-0.15, -0.1) is 11.3 Å². The van der Waals surface area contributed by atoms with Crippen molar-refractivity contribution in [1.29, 1.82) is 0 Å². The van der Waals surface area contributed by atoms with Gasteiger partial charge >= 0.3 is 0 Å². The van der Waals surface area contributed by atoms with E-state index in [9.17, 15) is 4.79 Å². The Morgan fingerprint density at radius 2 is 2.18 bits per heavy atom. The van der Waals surface area contributed by atoms with Crippen molar-refractivity contribution >= 4 is 49.1 Å². The zero-order chi connectivity index (χ0) is 13.0. The van der Waals surface area contributed by atoms with E-state index in [-0.39, 0.29) is 18.6 Å². The highest BCUT2D eigenvalue weighted by molar-refractivity contribution is 9.13. The van der Waals surface area contributed by atoms with Gasteiger partial charge in [0.25, 0.3) is 5.91 Å². The number of aliphatic hydroxyl groups is 1. The van der Waals surface area contributed by atoms with Gasteiger partial charge in [-0.1, -0.05) is 0 Å². The van der Waals surface area contributed by atoms with E-state index in [1.807, 2.05) is 19.9 Å². The van der Waals surface area contributed by atoms with Gasteiger partial charge in [-0.25, -0.2) is 0 Å². The number of carbonyl (C=O) groups excluding carboxylic acids is 1. The largest absolute Gasteiger partial charge is 0.396 e. The van der Waals surface area contributed by atoms with Crippen LogP contribution in [0.2, 0.25) is 0 Å². The lowest BCUT2D eigenvalue weighted by Crippen LogP contribution is -2.37. The third-order valence-electron chi connectivity index (χ3n) is 2.30. The second kappa shape index (κ2) is 6.87. The van der Waals surface area contributed by atoms with E-state index in [1.165, 1.54) is 11.3 Å². The molecule has 96 valence electrons. The predicted molar refractivity (Wildman–Crippen MR) is 77.6 cm³/mol. The highest BCUT2D eigenvalue weighted by Crippen LogP contribution is 2.33. The maximum atomic E-state index is 12.3. The third-order valence-corrected chi connectivity index (χ3v) is 5.54. The zero-order valence-electron chi connectivity index (χ0n) is 9.74. The van der Waals surface area contributed by atoms with Crippen LogP contribution in [0.15, 0.2) is 14.3 Å². The van der Waals surface area contributed by atoms with Crippen LogP contribution in [-0.2, 0) is 0 Å². The van der Waals surface area contributed by atoms with E-state index in [0.717, 1.165) is 8.26 Å². The Kier molecular flexibility index (Phi) is 6.12. The number of rotatable bonds is 5. The molecule has 1 amide bonds. The molecule has 0 radical (unpaired) electrons. The minimum absolute atomic E-state index is 0.0184. The van der Waals surface area contributed by atoms with E-state index in [2.05, 4.69) is 31.9 Å². The lowest BCUT2D eigenvalue weighted by Gasteiger charge is -2.25. The molecule has 0 bridgehead atoms. The Bertz CT molecular complexity index is 373. The fraction of sp³-hybridized carbons (Fsp3) is 0.545. The summed E-state index contributed by atoms with van der Waals surface area (Å²) in [5, 5.41) is 8.85. The summed E-state index contributed by atoms with van der Waals surface area (Å²) < 4.78 is 1.82. The zero-order valence-corrected chi connectivity index (χ0v) is 13.7. The van der Waals surface area contributed by atoms with Crippen LogP contribution < -0.4 is 0 Å². The van der Waals surface area contributed by atoms with Crippen LogP contribution in [0.5, 0.6) is 0 Å². The van der Waals surface area contributed by atoms with Crippen molar-refractivity contribution in [1.82, 2.24) is 4.90 Å². The molecule has 0 atom stereocenters. The third kappa shape index (κ3) is 4.05. The van der Waals surface area contributed by atoms with E-state index in [0.29, 0.717) is 17.8 Å². The minimum Gasteiger partial charge on any atom is -0.396 e. The van der Waals surface area contributed by atoms with Crippen LogP contribution in [-0.4, -0.2) is 35.1 Å². The first-order valence-electron chi connectivity index (χ1n) is 5.34. The van der Waals surface area contributed by atoms with Crippen molar-refractivity contribution in [2.24, 2.45) is 0 Å². The van der Waals surface area contributed by atoms with E-state index in [1.54, 1.807) is 4.90 Å². The summed E-state index contributed by atoms with van der Waals surface area (Å²) in [6.45, 7) is 4.65. The van der Waals surface area contributed by atoms with Crippen LogP contribution in [0.1, 0.15) is 29.9 Å². The number of halogens is 2. The number of thiophene rings is 1. The van der Waals surface area contributed by atoms with Crippen LogP contribution in [0.25, 0.3) is 0 Å². The van der Waals surface area contributed by atoms with Gasteiger partial charge in [-0.3, -0.25) is 4.79 Å². The van der Waals surface area contributed by atoms with E-state index >= 15 is 0 Å². The van der Waals surface area contributed by atoms with Gasteiger partial charge in [0.1, 0.15) is 0 Å². The molecule has 0 aromatic carbocycles. The van der Waals surface area contributed by atoms with Crippen molar-refractivity contribution in [2.75, 3.05) is 13.2 Å². The van der Waals surface area contributed by atoms with Crippen molar-refractivity contribution in [2.45, 2.75) is 26.3 Å². The Morgan fingerprint density at radius 1 is 1.53 bits per heavy atom. The smallest absolute Gasteiger partial charge is 0.264 e. The second-order valence-electron chi connectivity index (χ2n) is 3.90. The summed E-state index contributed by atoms with van der Waals surface area (Å²) in [4.78, 5) is 14.8. The quantitative estimate of drug-likeness (QED) is 0.843. The summed E-state index contributed by atoms with van der Waals surface area (Å²) in [7, 11) is 0. The summed E-state index contributed by atoms with van der Waals surface area (Å²) in [5.74, 6) is 0.0184. The lowest BCUT2D eigenvalue weighted by atomic mass is 10.2. The van der Waals surface area contributed by atoms with Crippen molar-refractivity contribution in [3.63, 3.8) is 0 Å². The SMILES string of the molecule is CC(C)N(CCCO)C(=O)c1cc(Br)c(Br)s1. The molecule has 1 rings (SSSR count). The summed E-state index contributed by atoms with van der Waals surface area (Å²) in [6, 6.07) is 1.96. The Labute approximate surface area is 122 Å². The van der Waals surface area contributed by atoms with Gasteiger partial charge in [0.05, 0.1) is 8.66 Å². The molecule has 0 fully saturated rings. The molecule has 0 spiro atoms. The molecule has 1 heterocycles. The topological polar surface area (TPSA) is 40.5 Å². The van der Waals surface area contributed by atoms with Crippen molar-refractivity contribution in [3.8, 4) is 0 Å². The number of hydrogen-bond acceptors (Lipinski definition) is 3. The lowest BCUT2D eigenvalue weighted by molar-refractivity contribution is 0.0698. The molecular weight excluding hydrogens is 370 g/mol. The molecule has 0 saturated carbocycles. The molecule has 6 heteroatoms. The molecular formula is C11H15Br2NO2S. The van der Waals surface area contributed by atoms with E-state index in [4.69, 9.17) is 5.11 Å². The molecule has 1 N–H and O–H groups in total. The Morgan fingerprint density at radius 3 is 2.59 bits per heavy atom. The minimum atomic E-state index is 0.0184. The van der Waals surface area contributed by atoms with E-state index < -0.39 is 0 Å². The molecule has 0 aliphatic carbocycles. The Hall–Kier alpha value is 0.0900. The molecule has 1 aromatic rings. The van der Waals surface area contributed by atoms with Gasteiger partial charge < -0.3 is 10.0 Å². The van der Waals surface area contributed by atoms with Gasteiger partial charge in [0.2, 0.25) is 0 Å². The van der Waals surface area contributed by atoms with Crippen LogP contribution in [0.4, 0.5) is 0 Å². The average Bonchev–Trinajstić information content (AvgIpc) is 2.59. The van der Waals surface area contributed by atoms with Crippen LogP contribution >= 0.6 is 43.2 Å².